The predicted molar refractivity (Wildman–Crippen MR) is 64.4 cm³/mol. The minimum absolute atomic E-state index is 0.155. The van der Waals surface area contributed by atoms with Gasteiger partial charge in [0.25, 0.3) is 0 Å². The number of hydrogen-bond donors (Lipinski definition) is 1. The van der Waals surface area contributed by atoms with E-state index >= 15 is 0 Å². The van der Waals surface area contributed by atoms with Gasteiger partial charge in [-0.3, -0.25) is 0 Å². The Bertz CT molecular complexity index is 333. The second-order valence-electron chi connectivity index (χ2n) is 5.52. The summed E-state index contributed by atoms with van der Waals surface area (Å²) in [7, 11) is 0. The Labute approximate surface area is 96.9 Å². The molecule has 1 heterocycles. The van der Waals surface area contributed by atoms with Crippen molar-refractivity contribution in [3.63, 3.8) is 0 Å². The van der Waals surface area contributed by atoms with Gasteiger partial charge in [0, 0.05) is 6.04 Å². The second-order valence-corrected chi connectivity index (χ2v) is 5.52. The number of carbonyl (C=O) groups excluding carboxylic acids is 1. The number of rotatable bonds is 3. The predicted octanol–water partition coefficient (Wildman–Crippen LogP) is 2.14. The standard InChI is InChI=1S/C12H21N3O/c1-8(2)15-11(16)14-10(13)12(15,3)7-9-5-4-6-9/h8-9H,4-7H2,1-3H3,(H2,13,14,16). The third kappa shape index (κ3) is 1.60. The molecule has 4 heteroatoms. The molecule has 0 aromatic rings. The second kappa shape index (κ2) is 3.75. The molecule has 0 spiro atoms. The Morgan fingerprint density at radius 3 is 2.62 bits per heavy atom. The van der Waals surface area contributed by atoms with Crippen molar-refractivity contribution in [1.29, 1.82) is 0 Å². The van der Waals surface area contributed by atoms with Gasteiger partial charge in [-0.1, -0.05) is 19.3 Å². The van der Waals surface area contributed by atoms with Gasteiger partial charge < -0.3 is 10.6 Å². The molecule has 1 aliphatic carbocycles. The van der Waals surface area contributed by atoms with Crippen molar-refractivity contribution in [3.8, 4) is 0 Å². The van der Waals surface area contributed by atoms with Gasteiger partial charge in [0.1, 0.15) is 5.84 Å². The lowest BCUT2D eigenvalue weighted by molar-refractivity contribution is 0.122. The molecule has 1 unspecified atom stereocenters. The van der Waals surface area contributed by atoms with E-state index in [0.29, 0.717) is 11.8 Å². The summed E-state index contributed by atoms with van der Waals surface area (Å²) in [5, 5.41) is 0. The van der Waals surface area contributed by atoms with E-state index in [9.17, 15) is 4.79 Å². The highest BCUT2D eigenvalue weighted by Gasteiger charge is 2.47. The van der Waals surface area contributed by atoms with Crippen LogP contribution >= 0.6 is 0 Å². The normalized spacial score (nSPS) is 30.9. The molecule has 2 N–H and O–H groups in total. The third-order valence-corrected chi connectivity index (χ3v) is 3.93. The van der Waals surface area contributed by atoms with Gasteiger partial charge in [-0.2, -0.15) is 4.99 Å². The number of nitrogens with zero attached hydrogens (tertiary/aromatic N) is 2. The molecule has 0 radical (unpaired) electrons. The summed E-state index contributed by atoms with van der Waals surface area (Å²) in [5.41, 5.74) is 5.60. The molecule has 1 fully saturated rings. The number of carbonyl (C=O) groups is 1. The average Bonchev–Trinajstić information content (AvgIpc) is 2.31. The van der Waals surface area contributed by atoms with Crippen molar-refractivity contribution in [2.24, 2.45) is 16.6 Å². The van der Waals surface area contributed by atoms with Crippen molar-refractivity contribution in [2.45, 2.75) is 58.0 Å². The number of amidine groups is 1. The molecule has 0 aromatic heterocycles. The zero-order valence-corrected chi connectivity index (χ0v) is 10.4. The highest BCUT2D eigenvalue weighted by atomic mass is 16.2. The molecule has 1 saturated carbocycles. The maximum absolute atomic E-state index is 11.8. The van der Waals surface area contributed by atoms with Crippen LogP contribution in [0.25, 0.3) is 0 Å². The van der Waals surface area contributed by atoms with E-state index in [1.165, 1.54) is 19.3 Å². The van der Waals surface area contributed by atoms with Crippen molar-refractivity contribution >= 4 is 11.9 Å². The van der Waals surface area contributed by atoms with Gasteiger partial charge in [-0.05, 0) is 33.1 Å². The molecule has 0 saturated heterocycles. The molecule has 1 atom stereocenters. The SMILES string of the molecule is CC(C)N1C(=O)N=C(N)C1(C)CC1CCC1. The zero-order chi connectivity index (χ0) is 11.9. The van der Waals surface area contributed by atoms with Crippen molar-refractivity contribution in [1.82, 2.24) is 4.90 Å². The van der Waals surface area contributed by atoms with Crippen LogP contribution in [0.2, 0.25) is 0 Å². The number of urea groups is 1. The fourth-order valence-electron chi connectivity index (χ4n) is 2.86. The van der Waals surface area contributed by atoms with Crippen LogP contribution in [0.15, 0.2) is 4.99 Å². The monoisotopic (exact) mass is 223 g/mol. The highest BCUT2D eigenvalue weighted by Crippen LogP contribution is 2.39. The first-order valence-electron chi connectivity index (χ1n) is 6.13. The van der Waals surface area contributed by atoms with Crippen molar-refractivity contribution in [2.75, 3.05) is 0 Å². The van der Waals surface area contributed by atoms with Crippen LogP contribution in [0.3, 0.4) is 0 Å². The molecule has 2 rings (SSSR count). The van der Waals surface area contributed by atoms with E-state index in [0.717, 1.165) is 6.42 Å². The Kier molecular flexibility index (Phi) is 2.68. The fourth-order valence-corrected chi connectivity index (χ4v) is 2.86. The first kappa shape index (κ1) is 11.4. The maximum atomic E-state index is 11.8. The van der Waals surface area contributed by atoms with Gasteiger partial charge in [0.2, 0.25) is 0 Å². The van der Waals surface area contributed by atoms with Crippen LogP contribution in [0, 0.1) is 5.92 Å². The number of nitrogens with two attached hydrogens (primary N) is 1. The first-order valence-corrected chi connectivity index (χ1v) is 6.13. The number of hydrogen-bond acceptors (Lipinski definition) is 2. The van der Waals surface area contributed by atoms with Crippen LogP contribution in [0.5, 0.6) is 0 Å². The van der Waals surface area contributed by atoms with E-state index in [2.05, 4.69) is 11.9 Å². The first-order chi connectivity index (χ1) is 7.45. The molecule has 0 bridgehead atoms. The topological polar surface area (TPSA) is 58.7 Å². The van der Waals surface area contributed by atoms with Gasteiger partial charge in [0.05, 0.1) is 5.54 Å². The highest BCUT2D eigenvalue weighted by molar-refractivity contribution is 6.05. The number of aliphatic imine (C=N–C) groups is 1. The molecule has 2 amide bonds. The van der Waals surface area contributed by atoms with Crippen molar-refractivity contribution in [3.05, 3.63) is 0 Å². The number of amides is 2. The molecular weight excluding hydrogens is 202 g/mol. The lowest BCUT2D eigenvalue weighted by Gasteiger charge is -2.41. The summed E-state index contributed by atoms with van der Waals surface area (Å²) in [6.45, 7) is 6.09. The molecule has 90 valence electrons. The lowest BCUT2D eigenvalue weighted by atomic mass is 9.75. The van der Waals surface area contributed by atoms with E-state index in [-0.39, 0.29) is 17.6 Å². The Hall–Kier alpha value is -1.06. The van der Waals surface area contributed by atoms with Crippen LogP contribution in [0.4, 0.5) is 4.79 Å². The molecule has 0 aromatic carbocycles. The van der Waals surface area contributed by atoms with Crippen LogP contribution in [-0.4, -0.2) is 28.3 Å². The van der Waals surface area contributed by atoms with Crippen LogP contribution < -0.4 is 5.73 Å². The summed E-state index contributed by atoms with van der Waals surface area (Å²) < 4.78 is 0. The Balaban J connectivity index is 2.20. The van der Waals surface area contributed by atoms with E-state index in [1.54, 1.807) is 0 Å². The Morgan fingerprint density at radius 2 is 2.19 bits per heavy atom. The van der Waals surface area contributed by atoms with E-state index in [1.807, 2.05) is 18.7 Å². The largest absolute Gasteiger partial charge is 0.385 e. The minimum Gasteiger partial charge on any atom is -0.385 e. The van der Waals surface area contributed by atoms with Gasteiger partial charge in [-0.25, -0.2) is 4.79 Å². The summed E-state index contributed by atoms with van der Waals surface area (Å²) in [4.78, 5) is 17.6. The lowest BCUT2D eigenvalue weighted by Crippen LogP contribution is -2.55. The summed E-state index contributed by atoms with van der Waals surface area (Å²) in [6, 6.07) is -0.0169. The average molecular weight is 223 g/mol. The van der Waals surface area contributed by atoms with Crippen LogP contribution in [0.1, 0.15) is 46.5 Å². The molecule has 1 aliphatic heterocycles. The quantitative estimate of drug-likeness (QED) is 0.796. The van der Waals surface area contributed by atoms with Gasteiger partial charge in [0.15, 0.2) is 0 Å². The minimum atomic E-state index is -0.351. The molecular formula is C12H21N3O. The fraction of sp³-hybridized carbons (Fsp3) is 0.833. The summed E-state index contributed by atoms with van der Waals surface area (Å²) >= 11 is 0. The van der Waals surface area contributed by atoms with E-state index < -0.39 is 0 Å². The van der Waals surface area contributed by atoms with Crippen LogP contribution in [-0.2, 0) is 0 Å². The zero-order valence-electron chi connectivity index (χ0n) is 10.4. The molecule has 4 nitrogen and oxygen atoms in total. The third-order valence-electron chi connectivity index (χ3n) is 3.93. The van der Waals surface area contributed by atoms with Gasteiger partial charge in [-0.15, -0.1) is 0 Å². The Morgan fingerprint density at radius 1 is 1.56 bits per heavy atom. The smallest absolute Gasteiger partial charge is 0.346 e. The summed E-state index contributed by atoms with van der Waals surface area (Å²) in [5.74, 6) is 1.21. The van der Waals surface area contributed by atoms with E-state index in [4.69, 9.17) is 5.73 Å². The van der Waals surface area contributed by atoms with Crippen molar-refractivity contribution < 1.29 is 4.79 Å². The van der Waals surface area contributed by atoms with Gasteiger partial charge >= 0.3 is 6.03 Å². The molecule has 2 aliphatic rings. The maximum Gasteiger partial charge on any atom is 0.346 e. The summed E-state index contributed by atoms with van der Waals surface area (Å²) in [6.07, 6.45) is 4.81. The molecule has 16 heavy (non-hydrogen) atoms.